The van der Waals surface area contributed by atoms with Crippen molar-refractivity contribution in [2.45, 2.75) is 45.6 Å². The van der Waals surface area contributed by atoms with Gasteiger partial charge in [0, 0.05) is 32.6 Å². The van der Waals surface area contributed by atoms with E-state index in [0.29, 0.717) is 18.3 Å². The number of fused-ring (bicyclic) bond motifs is 1. The molecule has 1 amide bonds. The highest BCUT2D eigenvalue weighted by Crippen LogP contribution is 2.22. The first kappa shape index (κ1) is 24.2. The number of hydrogen-bond acceptors (Lipinski definition) is 3. The van der Waals surface area contributed by atoms with Crippen LogP contribution in [0.1, 0.15) is 43.7 Å². The Morgan fingerprint density at radius 3 is 2.81 bits per heavy atom. The fourth-order valence-corrected chi connectivity index (χ4v) is 4.17. The zero-order chi connectivity index (χ0) is 17.5. The van der Waals surface area contributed by atoms with E-state index >= 15 is 0 Å². The van der Waals surface area contributed by atoms with Crippen LogP contribution in [0, 0.1) is 11.8 Å². The molecule has 0 aliphatic carbocycles. The molecule has 1 aromatic rings. The van der Waals surface area contributed by atoms with Gasteiger partial charge >= 0.3 is 0 Å². The topological polar surface area (TPSA) is 44.4 Å². The Hall–Kier alpha value is -0.810. The van der Waals surface area contributed by atoms with Crippen molar-refractivity contribution in [3.63, 3.8) is 0 Å². The summed E-state index contributed by atoms with van der Waals surface area (Å²) in [6, 6.07) is 8.75. The average molecular weight is 416 g/mol. The van der Waals surface area contributed by atoms with Gasteiger partial charge in [0.05, 0.1) is 0 Å². The summed E-state index contributed by atoms with van der Waals surface area (Å²) < 4.78 is 0. The molecule has 2 heterocycles. The minimum absolute atomic E-state index is 0. The molecule has 1 fully saturated rings. The first-order chi connectivity index (χ1) is 12.2. The second-order valence-corrected chi connectivity index (χ2v) is 7.79. The molecule has 2 aliphatic rings. The van der Waals surface area contributed by atoms with Crippen molar-refractivity contribution in [3.05, 3.63) is 35.4 Å². The zero-order valence-electron chi connectivity index (χ0n) is 16.4. The third kappa shape index (κ3) is 7.61. The molecule has 0 aromatic heterocycles. The summed E-state index contributed by atoms with van der Waals surface area (Å²) in [4.78, 5) is 14.7. The van der Waals surface area contributed by atoms with Gasteiger partial charge in [0.25, 0.3) is 0 Å². The lowest BCUT2D eigenvalue weighted by molar-refractivity contribution is -0.122. The van der Waals surface area contributed by atoms with Gasteiger partial charge in [0.1, 0.15) is 0 Å². The third-order valence-electron chi connectivity index (χ3n) is 5.83. The Balaban J connectivity index is 0.00000182. The molecule has 0 saturated carbocycles. The van der Waals surface area contributed by atoms with Crippen molar-refractivity contribution in [1.29, 1.82) is 0 Å². The highest BCUT2D eigenvalue weighted by Gasteiger charge is 2.22. The maximum Gasteiger partial charge on any atom is 0.220 e. The molecule has 0 radical (unpaired) electrons. The Bertz CT molecular complexity index is 564. The Morgan fingerprint density at radius 2 is 2.07 bits per heavy atom. The fourth-order valence-electron chi connectivity index (χ4n) is 4.17. The van der Waals surface area contributed by atoms with E-state index < -0.39 is 0 Å². The first-order valence-corrected chi connectivity index (χ1v) is 9.99. The standard InChI is InChI=1S/C21H33N3O.2ClH/c1-17(19-8-4-10-22-15-19)14-21(25)23-11-5-12-24-13-9-18-6-2-3-7-20(18)16-24;;/h2-3,6-7,17,19,22H,4-5,8-16H2,1H3,(H,23,25);2*1H. The van der Waals surface area contributed by atoms with Crippen LogP contribution < -0.4 is 10.6 Å². The number of amides is 1. The van der Waals surface area contributed by atoms with Crippen molar-refractivity contribution in [1.82, 2.24) is 15.5 Å². The van der Waals surface area contributed by atoms with E-state index in [9.17, 15) is 4.79 Å². The molecule has 1 aromatic carbocycles. The number of nitrogens with one attached hydrogen (secondary N) is 2. The smallest absolute Gasteiger partial charge is 0.220 e. The van der Waals surface area contributed by atoms with Gasteiger partial charge < -0.3 is 10.6 Å². The lowest BCUT2D eigenvalue weighted by Gasteiger charge is -2.29. The summed E-state index contributed by atoms with van der Waals surface area (Å²) in [5.74, 6) is 1.36. The van der Waals surface area contributed by atoms with Crippen molar-refractivity contribution in [2.24, 2.45) is 11.8 Å². The number of benzene rings is 1. The van der Waals surface area contributed by atoms with Crippen LogP contribution in [0.25, 0.3) is 0 Å². The summed E-state index contributed by atoms with van der Waals surface area (Å²) in [6.45, 7) is 8.49. The van der Waals surface area contributed by atoms with E-state index in [1.165, 1.54) is 24.0 Å². The van der Waals surface area contributed by atoms with Gasteiger partial charge in [-0.3, -0.25) is 9.69 Å². The minimum atomic E-state index is 0. The fraction of sp³-hybridized carbons (Fsp3) is 0.667. The van der Waals surface area contributed by atoms with Crippen molar-refractivity contribution in [2.75, 3.05) is 32.7 Å². The van der Waals surface area contributed by atoms with E-state index in [1.54, 1.807) is 0 Å². The van der Waals surface area contributed by atoms with Crippen LogP contribution in [-0.4, -0.2) is 43.5 Å². The largest absolute Gasteiger partial charge is 0.356 e. The van der Waals surface area contributed by atoms with Crippen LogP contribution in [0.4, 0.5) is 0 Å². The Labute approximate surface area is 176 Å². The molecule has 154 valence electrons. The van der Waals surface area contributed by atoms with E-state index in [4.69, 9.17) is 0 Å². The van der Waals surface area contributed by atoms with Crippen LogP contribution in [-0.2, 0) is 17.8 Å². The molecule has 2 N–H and O–H groups in total. The normalized spacial score (nSPS) is 20.6. The molecule has 2 atom stereocenters. The zero-order valence-corrected chi connectivity index (χ0v) is 18.0. The van der Waals surface area contributed by atoms with Crippen molar-refractivity contribution >= 4 is 30.7 Å². The predicted octanol–water partition coefficient (Wildman–Crippen LogP) is 3.42. The maximum absolute atomic E-state index is 12.2. The predicted molar refractivity (Wildman–Crippen MR) is 117 cm³/mol. The van der Waals surface area contributed by atoms with Crippen molar-refractivity contribution in [3.8, 4) is 0 Å². The number of nitrogens with zero attached hydrogens (tertiary/aromatic N) is 1. The van der Waals surface area contributed by atoms with Gasteiger partial charge in [0.2, 0.25) is 5.91 Å². The molecule has 1 saturated heterocycles. The van der Waals surface area contributed by atoms with Crippen LogP contribution in [0.5, 0.6) is 0 Å². The second-order valence-electron chi connectivity index (χ2n) is 7.79. The monoisotopic (exact) mass is 415 g/mol. The van der Waals surface area contributed by atoms with E-state index in [1.807, 2.05) is 0 Å². The quantitative estimate of drug-likeness (QED) is 0.670. The molecule has 3 rings (SSSR count). The van der Waals surface area contributed by atoms with Gasteiger partial charge in [-0.2, -0.15) is 0 Å². The number of carbonyl (C=O) groups is 1. The number of halogens is 2. The van der Waals surface area contributed by atoms with E-state index in [0.717, 1.165) is 52.1 Å². The second kappa shape index (κ2) is 12.6. The Morgan fingerprint density at radius 1 is 1.30 bits per heavy atom. The minimum Gasteiger partial charge on any atom is -0.356 e. The lowest BCUT2D eigenvalue weighted by Crippen LogP contribution is -2.36. The van der Waals surface area contributed by atoms with Gasteiger partial charge in [-0.1, -0.05) is 31.2 Å². The molecule has 0 bridgehead atoms. The lowest BCUT2D eigenvalue weighted by atomic mass is 9.85. The molecular formula is C21H35Cl2N3O. The van der Waals surface area contributed by atoms with Gasteiger partial charge in [-0.05, 0) is 61.7 Å². The molecule has 4 nitrogen and oxygen atoms in total. The summed E-state index contributed by atoms with van der Waals surface area (Å²) in [6.07, 6.45) is 5.36. The summed E-state index contributed by atoms with van der Waals surface area (Å²) in [5.41, 5.74) is 2.96. The van der Waals surface area contributed by atoms with Crippen LogP contribution in [0.2, 0.25) is 0 Å². The average Bonchev–Trinajstić information content (AvgIpc) is 2.66. The molecule has 2 unspecified atom stereocenters. The number of carbonyl (C=O) groups excluding carboxylic acids is 1. The molecule has 27 heavy (non-hydrogen) atoms. The number of rotatable bonds is 7. The summed E-state index contributed by atoms with van der Waals surface area (Å²) in [5, 5.41) is 6.57. The van der Waals surface area contributed by atoms with E-state index in [-0.39, 0.29) is 30.7 Å². The maximum atomic E-state index is 12.2. The molecule has 0 spiro atoms. The number of piperidine rings is 1. The summed E-state index contributed by atoms with van der Waals surface area (Å²) >= 11 is 0. The van der Waals surface area contributed by atoms with Gasteiger partial charge in [0.15, 0.2) is 0 Å². The van der Waals surface area contributed by atoms with Crippen LogP contribution in [0.3, 0.4) is 0 Å². The van der Waals surface area contributed by atoms with E-state index in [2.05, 4.69) is 46.7 Å². The molecular weight excluding hydrogens is 381 g/mol. The highest BCUT2D eigenvalue weighted by molar-refractivity contribution is 5.85. The van der Waals surface area contributed by atoms with Crippen LogP contribution in [0.15, 0.2) is 24.3 Å². The van der Waals surface area contributed by atoms with Gasteiger partial charge in [-0.15, -0.1) is 24.8 Å². The molecule has 2 aliphatic heterocycles. The summed E-state index contributed by atoms with van der Waals surface area (Å²) in [7, 11) is 0. The highest BCUT2D eigenvalue weighted by atomic mass is 35.5. The SMILES string of the molecule is CC(CC(=O)NCCCN1CCc2ccccc2C1)C1CCCNC1.Cl.Cl. The molecule has 6 heteroatoms. The Kier molecular flexibility index (Phi) is 11.3. The first-order valence-electron chi connectivity index (χ1n) is 9.99. The van der Waals surface area contributed by atoms with Gasteiger partial charge in [-0.25, -0.2) is 0 Å². The van der Waals surface area contributed by atoms with Crippen LogP contribution >= 0.6 is 24.8 Å². The van der Waals surface area contributed by atoms with Crippen molar-refractivity contribution < 1.29 is 4.79 Å². The third-order valence-corrected chi connectivity index (χ3v) is 5.83. The number of hydrogen-bond donors (Lipinski definition) is 2.